The van der Waals surface area contributed by atoms with Gasteiger partial charge < -0.3 is 10.3 Å². The molecule has 3 nitrogen and oxygen atoms in total. The number of hydrogen-bond acceptors (Lipinski definition) is 2. The number of anilines is 1. The summed E-state index contributed by atoms with van der Waals surface area (Å²) in [7, 11) is 0. The number of rotatable bonds is 3. The van der Waals surface area contributed by atoms with Crippen LogP contribution < -0.4 is 5.73 Å². The third kappa shape index (κ3) is 2.36. The van der Waals surface area contributed by atoms with Gasteiger partial charge in [0.05, 0.1) is 21.7 Å². The highest BCUT2D eigenvalue weighted by molar-refractivity contribution is 6.33. The van der Waals surface area contributed by atoms with Crippen molar-refractivity contribution in [2.45, 2.75) is 19.9 Å². The zero-order valence-corrected chi connectivity index (χ0v) is 12.4. The monoisotopic (exact) mass is 303 g/mol. The third-order valence-corrected chi connectivity index (χ3v) is 3.78. The normalized spacial score (nSPS) is 11.2. The van der Waals surface area contributed by atoms with E-state index in [4.69, 9.17) is 17.3 Å². The molecule has 0 aliphatic carbocycles. The van der Waals surface area contributed by atoms with Crippen molar-refractivity contribution in [1.29, 1.82) is 0 Å². The van der Waals surface area contributed by atoms with Gasteiger partial charge in [0.2, 0.25) is 0 Å². The van der Waals surface area contributed by atoms with E-state index >= 15 is 0 Å². The van der Waals surface area contributed by atoms with Gasteiger partial charge in [-0.05, 0) is 36.8 Å². The van der Waals surface area contributed by atoms with Crippen LogP contribution in [0.4, 0.5) is 10.1 Å². The predicted octanol–water partition coefficient (Wildman–Crippen LogP) is 4.49. The fraction of sp³-hybridized carbons (Fsp3) is 0.188. The number of nitrogens with zero attached hydrogens (tertiary/aromatic N) is 2. The second-order valence-electron chi connectivity index (χ2n) is 4.92. The summed E-state index contributed by atoms with van der Waals surface area (Å²) >= 11 is 6.10. The van der Waals surface area contributed by atoms with E-state index in [-0.39, 0.29) is 5.82 Å². The highest BCUT2D eigenvalue weighted by Gasteiger charge is 2.15. The van der Waals surface area contributed by atoms with Gasteiger partial charge in [-0.2, -0.15) is 0 Å². The Morgan fingerprint density at radius 2 is 2.10 bits per heavy atom. The number of para-hydroxylation sites is 1. The van der Waals surface area contributed by atoms with Crippen molar-refractivity contribution >= 4 is 28.3 Å². The average Bonchev–Trinajstić information content (AvgIpc) is 2.81. The van der Waals surface area contributed by atoms with Crippen LogP contribution in [0.3, 0.4) is 0 Å². The van der Waals surface area contributed by atoms with Crippen molar-refractivity contribution in [3.63, 3.8) is 0 Å². The lowest BCUT2D eigenvalue weighted by Crippen LogP contribution is -2.02. The highest BCUT2D eigenvalue weighted by atomic mass is 35.5. The molecule has 0 saturated carbocycles. The van der Waals surface area contributed by atoms with Gasteiger partial charge in [0, 0.05) is 12.1 Å². The van der Waals surface area contributed by atoms with Crippen molar-refractivity contribution in [3.8, 4) is 11.4 Å². The number of aromatic nitrogens is 2. The Morgan fingerprint density at radius 3 is 2.86 bits per heavy atom. The standard InChI is InChI=1S/C16H15ClFN3/c1-2-8-21-14-9-10(18)6-7-13(14)20-16(21)11-4-3-5-12(17)15(11)19/h3-7,9H,2,8,19H2,1H3. The topological polar surface area (TPSA) is 43.8 Å². The molecule has 0 spiro atoms. The second-order valence-corrected chi connectivity index (χ2v) is 5.33. The summed E-state index contributed by atoms with van der Waals surface area (Å²) in [6.45, 7) is 2.80. The molecule has 0 atom stereocenters. The molecule has 3 rings (SSSR count). The van der Waals surface area contributed by atoms with Crippen LogP contribution in [-0.4, -0.2) is 9.55 Å². The van der Waals surface area contributed by atoms with E-state index in [1.165, 1.54) is 12.1 Å². The van der Waals surface area contributed by atoms with E-state index in [1.54, 1.807) is 12.1 Å². The van der Waals surface area contributed by atoms with Crippen molar-refractivity contribution in [2.75, 3.05) is 5.73 Å². The zero-order chi connectivity index (χ0) is 15.0. The molecule has 1 aromatic heterocycles. The number of hydrogen-bond donors (Lipinski definition) is 1. The van der Waals surface area contributed by atoms with Crippen LogP contribution in [0.5, 0.6) is 0 Å². The Labute approximate surface area is 127 Å². The van der Waals surface area contributed by atoms with Crippen LogP contribution in [0.15, 0.2) is 36.4 Å². The molecule has 0 saturated heterocycles. The fourth-order valence-electron chi connectivity index (χ4n) is 2.48. The molecule has 2 aromatic carbocycles. The first-order valence-corrected chi connectivity index (χ1v) is 7.19. The Kier molecular flexibility index (Phi) is 3.55. The largest absolute Gasteiger partial charge is 0.397 e. The number of imidazole rings is 1. The van der Waals surface area contributed by atoms with Crippen LogP contribution in [0, 0.1) is 5.82 Å². The van der Waals surface area contributed by atoms with E-state index in [0.29, 0.717) is 10.7 Å². The molecule has 0 unspecified atom stereocenters. The molecule has 5 heteroatoms. The molecule has 0 bridgehead atoms. The Bertz CT molecular complexity index is 811. The van der Waals surface area contributed by atoms with Crippen LogP contribution in [0.2, 0.25) is 5.02 Å². The van der Waals surface area contributed by atoms with E-state index in [9.17, 15) is 4.39 Å². The molecule has 108 valence electrons. The summed E-state index contributed by atoms with van der Waals surface area (Å²) in [6, 6.07) is 10.1. The minimum Gasteiger partial charge on any atom is -0.397 e. The zero-order valence-electron chi connectivity index (χ0n) is 11.6. The summed E-state index contributed by atoms with van der Waals surface area (Å²) < 4.78 is 15.5. The van der Waals surface area contributed by atoms with Crippen LogP contribution in [0.1, 0.15) is 13.3 Å². The Morgan fingerprint density at radius 1 is 1.29 bits per heavy atom. The summed E-state index contributed by atoms with van der Waals surface area (Å²) in [4.78, 5) is 4.60. The van der Waals surface area contributed by atoms with Crippen LogP contribution in [0.25, 0.3) is 22.4 Å². The Balaban J connectivity index is 2.31. The number of nitrogens with two attached hydrogens (primary N) is 1. The number of aryl methyl sites for hydroxylation is 1. The lowest BCUT2D eigenvalue weighted by atomic mass is 10.1. The van der Waals surface area contributed by atoms with Gasteiger partial charge in [0.1, 0.15) is 11.6 Å². The summed E-state index contributed by atoms with van der Waals surface area (Å²) in [6.07, 6.45) is 0.912. The SMILES string of the molecule is CCCn1c(-c2cccc(Cl)c2N)nc2ccc(F)cc21. The molecular formula is C16H15ClFN3. The second kappa shape index (κ2) is 5.37. The number of benzene rings is 2. The van der Waals surface area contributed by atoms with E-state index in [0.717, 1.165) is 35.4 Å². The molecule has 0 radical (unpaired) electrons. The van der Waals surface area contributed by atoms with Gasteiger partial charge in [-0.3, -0.25) is 0 Å². The van der Waals surface area contributed by atoms with Crippen LogP contribution in [-0.2, 0) is 6.54 Å². The van der Waals surface area contributed by atoms with Gasteiger partial charge >= 0.3 is 0 Å². The van der Waals surface area contributed by atoms with Crippen molar-refractivity contribution < 1.29 is 4.39 Å². The third-order valence-electron chi connectivity index (χ3n) is 3.45. The van der Waals surface area contributed by atoms with Gasteiger partial charge in [-0.1, -0.05) is 24.6 Å². The van der Waals surface area contributed by atoms with E-state index < -0.39 is 0 Å². The quantitative estimate of drug-likeness (QED) is 0.725. The average molecular weight is 304 g/mol. The first-order valence-electron chi connectivity index (χ1n) is 6.82. The fourth-order valence-corrected chi connectivity index (χ4v) is 2.66. The molecule has 1 heterocycles. The Hall–Kier alpha value is -2.07. The molecule has 21 heavy (non-hydrogen) atoms. The molecule has 0 amide bonds. The minimum absolute atomic E-state index is 0.273. The van der Waals surface area contributed by atoms with Crippen molar-refractivity contribution in [2.24, 2.45) is 0 Å². The maximum atomic E-state index is 13.5. The van der Waals surface area contributed by atoms with Gasteiger partial charge in [0.25, 0.3) is 0 Å². The van der Waals surface area contributed by atoms with Gasteiger partial charge in [0.15, 0.2) is 0 Å². The lowest BCUT2D eigenvalue weighted by molar-refractivity contribution is 0.627. The van der Waals surface area contributed by atoms with Crippen molar-refractivity contribution in [3.05, 3.63) is 47.2 Å². The summed E-state index contributed by atoms with van der Waals surface area (Å²) in [5.74, 6) is 0.447. The molecule has 2 N–H and O–H groups in total. The van der Waals surface area contributed by atoms with Gasteiger partial charge in [-0.15, -0.1) is 0 Å². The molecule has 0 fully saturated rings. The number of halogens is 2. The van der Waals surface area contributed by atoms with Crippen molar-refractivity contribution in [1.82, 2.24) is 9.55 Å². The van der Waals surface area contributed by atoms with E-state index in [1.807, 2.05) is 16.7 Å². The summed E-state index contributed by atoms with van der Waals surface area (Å²) in [5.41, 5.74) is 8.85. The van der Waals surface area contributed by atoms with Crippen LogP contribution >= 0.6 is 11.6 Å². The van der Waals surface area contributed by atoms with E-state index in [2.05, 4.69) is 11.9 Å². The number of fused-ring (bicyclic) bond motifs is 1. The minimum atomic E-state index is -0.273. The molecule has 0 aliphatic heterocycles. The summed E-state index contributed by atoms with van der Waals surface area (Å²) in [5, 5.41) is 0.494. The molecule has 3 aromatic rings. The number of nitrogen functional groups attached to an aromatic ring is 1. The maximum absolute atomic E-state index is 13.5. The molecule has 0 aliphatic rings. The first kappa shape index (κ1) is 13.9. The first-order chi connectivity index (χ1) is 10.1. The smallest absolute Gasteiger partial charge is 0.143 e. The lowest BCUT2D eigenvalue weighted by Gasteiger charge is -2.10. The maximum Gasteiger partial charge on any atom is 0.143 e. The highest BCUT2D eigenvalue weighted by Crippen LogP contribution is 2.33. The molecular weight excluding hydrogens is 289 g/mol. The van der Waals surface area contributed by atoms with Gasteiger partial charge in [-0.25, -0.2) is 9.37 Å². The predicted molar refractivity (Wildman–Crippen MR) is 84.8 cm³/mol.